The van der Waals surface area contributed by atoms with E-state index in [9.17, 15) is 4.39 Å². The number of hydrogen-bond acceptors (Lipinski definition) is 1. The van der Waals surface area contributed by atoms with Gasteiger partial charge in [-0.05, 0) is 23.8 Å². The zero-order valence-corrected chi connectivity index (χ0v) is 10.6. The lowest BCUT2D eigenvalue weighted by atomic mass is 10.1. The van der Waals surface area contributed by atoms with E-state index in [-0.39, 0.29) is 11.2 Å². The second-order valence-electron chi connectivity index (χ2n) is 3.37. The number of alkyl halides is 1. The van der Waals surface area contributed by atoms with Gasteiger partial charge in [0, 0.05) is 23.3 Å². The van der Waals surface area contributed by atoms with E-state index in [1.54, 1.807) is 18.5 Å². The molecule has 2 aromatic rings. The summed E-state index contributed by atoms with van der Waals surface area (Å²) in [4.78, 5) is 7.05. The van der Waals surface area contributed by atoms with Gasteiger partial charge in [0.05, 0.1) is 5.38 Å². The Balaban J connectivity index is 2.20. The van der Waals surface area contributed by atoms with Crippen molar-refractivity contribution < 1.29 is 4.39 Å². The number of halogens is 3. The number of hydrogen-bond donors (Lipinski definition) is 1. The fourth-order valence-electron chi connectivity index (χ4n) is 1.44. The predicted molar refractivity (Wildman–Crippen MR) is 65.0 cm³/mol. The van der Waals surface area contributed by atoms with Crippen LogP contribution in [0.1, 0.15) is 16.8 Å². The van der Waals surface area contributed by atoms with E-state index < -0.39 is 0 Å². The molecular formula is C11H9BrClFN2. The monoisotopic (exact) mass is 302 g/mol. The quantitative estimate of drug-likeness (QED) is 0.858. The minimum Gasteiger partial charge on any atom is -0.349 e. The summed E-state index contributed by atoms with van der Waals surface area (Å²) in [5, 5.41) is -0.309. The fraction of sp³-hybridized carbons (Fsp3) is 0.182. The molecule has 0 spiro atoms. The lowest BCUT2D eigenvalue weighted by molar-refractivity contribution is 0.624. The normalized spacial score (nSPS) is 12.7. The highest BCUT2D eigenvalue weighted by Crippen LogP contribution is 2.30. The van der Waals surface area contributed by atoms with Crippen molar-refractivity contribution in [3.8, 4) is 0 Å². The van der Waals surface area contributed by atoms with E-state index in [1.807, 2.05) is 0 Å². The standard InChI is InChI=1S/C11H9BrClFN2/c12-9-2-1-7(14)5-8(9)10(13)6-11-15-3-4-16-11/h1-5,10H,6H2,(H,15,16). The van der Waals surface area contributed by atoms with Gasteiger partial charge in [0.25, 0.3) is 0 Å². The molecule has 0 aliphatic heterocycles. The van der Waals surface area contributed by atoms with Gasteiger partial charge in [-0.2, -0.15) is 0 Å². The molecule has 1 unspecified atom stereocenters. The van der Waals surface area contributed by atoms with Gasteiger partial charge in [-0.3, -0.25) is 0 Å². The summed E-state index contributed by atoms with van der Waals surface area (Å²) in [5.74, 6) is 0.499. The van der Waals surface area contributed by atoms with Crippen LogP contribution >= 0.6 is 27.5 Å². The minimum absolute atomic E-state index is 0.289. The lowest BCUT2D eigenvalue weighted by Gasteiger charge is -2.10. The largest absolute Gasteiger partial charge is 0.349 e. The fourth-order valence-corrected chi connectivity index (χ4v) is 2.43. The molecule has 84 valence electrons. The van der Waals surface area contributed by atoms with Crippen molar-refractivity contribution in [2.45, 2.75) is 11.8 Å². The van der Waals surface area contributed by atoms with Crippen LogP contribution in [-0.4, -0.2) is 9.97 Å². The van der Waals surface area contributed by atoms with Crippen LogP contribution in [0.2, 0.25) is 0 Å². The third-order valence-electron chi connectivity index (χ3n) is 2.22. The van der Waals surface area contributed by atoms with Gasteiger partial charge in [-0.15, -0.1) is 11.6 Å². The average Bonchev–Trinajstić information content (AvgIpc) is 2.74. The molecule has 2 rings (SSSR count). The van der Waals surface area contributed by atoms with Gasteiger partial charge in [0.15, 0.2) is 0 Å². The van der Waals surface area contributed by atoms with Crippen LogP contribution in [0.25, 0.3) is 0 Å². The molecule has 1 aromatic heterocycles. The van der Waals surface area contributed by atoms with Gasteiger partial charge >= 0.3 is 0 Å². The number of aromatic amines is 1. The molecule has 0 amide bonds. The molecule has 0 radical (unpaired) electrons. The van der Waals surface area contributed by atoms with Crippen LogP contribution in [0.15, 0.2) is 35.1 Å². The maximum atomic E-state index is 13.1. The maximum absolute atomic E-state index is 13.1. The first-order valence-electron chi connectivity index (χ1n) is 4.74. The number of benzene rings is 1. The van der Waals surface area contributed by atoms with E-state index in [4.69, 9.17) is 11.6 Å². The number of nitrogens with zero attached hydrogens (tertiary/aromatic N) is 1. The SMILES string of the molecule is Fc1ccc(Br)c(C(Cl)Cc2ncc[nH]2)c1. The molecule has 1 heterocycles. The highest BCUT2D eigenvalue weighted by molar-refractivity contribution is 9.10. The van der Waals surface area contributed by atoms with Crippen LogP contribution in [0, 0.1) is 5.82 Å². The van der Waals surface area contributed by atoms with E-state index in [1.165, 1.54) is 12.1 Å². The van der Waals surface area contributed by atoms with E-state index in [0.29, 0.717) is 6.42 Å². The minimum atomic E-state index is -0.309. The van der Waals surface area contributed by atoms with Crippen LogP contribution < -0.4 is 0 Å². The van der Waals surface area contributed by atoms with Crippen molar-refractivity contribution in [3.63, 3.8) is 0 Å². The van der Waals surface area contributed by atoms with Crippen molar-refractivity contribution in [2.75, 3.05) is 0 Å². The van der Waals surface area contributed by atoms with Crippen LogP contribution in [0.5, 0.6) is 0 Å². The zero-order chi connectivity index (χ0) is 11.5. The predicted octanol–water partition coefficient (Wildman–Crippen LogP) is 3.83. The molecule has 0 saturated carbocycles. The molecule has 1 atom stereocenters. The van der Waals surface area contributed by atoms with Gasteiger partial charge in [-0.25, -0.2) is 9.37 Å². The summed E-state index contributed by atoms with van der Waals surface area (Å²) in [5.41, 5.74) is 0.734. The molecule has 1 aromatic carbocycles. The maximum Gasteiger partial charge on any atom is 0.123 e. The van der Waals surface area contributed by atoms with Gasteiger partial charge in [-0.1, -0.05) is 15.9 Å². The molecule has 5 heteroatoms. The van der Waals surface area contributed by atoms with Crippen LogP contribution in [-0.2, 0) is 6.42 Å². The Hall–Kier alpha value is -0.870. The van der Waals surface area contributed by atoms with E-state index in [0.717, 1.165) is 15.9 Å². The summed E-state index contributed by atoms with van der Waals surface area (Å²) in [6, 6.07) is 4.48. The Bertz CT molecular complexity index is 473. The first kappa shape index (κ1) is 11.6. The van der Waals surface area contributed by atoms with E-state index >= 15 is 0 Å². The zero-order valence-electron chi connectivity index (χ0n) is 8.25. The number of aromatic nitrogens is 2. The lowest BCUT2D eigenvalue weighted by Crippen LogP contribution is -1.99. The van der Waals surface area contributed by atoms with Crippen molar-refractivity contribution >= 4 is 27.5 Å². The molecule has 1 N–H and O–H groups in total. The topological polar surface area (TPSA) is 28.7 Å². The Morgan fingerprint density at radius 1 is 1.50 bits per heavy atom. The van der Waals surface area contributed by atoms with Crippen molar-refractivity contribution in [3.05, 3.63) is 52.3 Å². The third kappa shape index (κ3) is 2.62. The van der Waals surface area contributed by atoms with Crippen molar-refractivity contribution in [2.24, 2.45) is 0 Å². The number of nitrogens with one attached hydrogen (secondary N) is 1. The third-order valence-corrected chi connectivity index (χ3v) is 3.33. The van der Waals surface area contributed by atoms with Gasteiger partial charge in [0.2, 0.25) is 0 Å². The number of rotatable bonds is 3. The Morgan fingerprint density at radius 2 is 2.31 bits per heavy atom. The molecule has 0 bridgehead atoms. The highest BCUT2D eigenvalue weighted by Gasteiger charge is 2.14. The summed E-state index contributed by atoms with van der Waals surface area (Å²) >= 11 is 9.57. The second-order valence-corrected chi connectivity index (χ2v) is 4.75. The molecule has 0 aliphatic rings. The summed E-state index contributed by atoms with van der Waals surface area (Å²) in [7, 11) is 0. The van der Waals surface area contributed by atoms with Crippen LogP contribution in [0.4, 0.5) is 4.39 Å². The average molecular weight is 304 g/mol. The molecular weight excluding hydrogens is 294 g/mol. The van der Waals surface area contributed by atoms with Crippen molar-refractivity contribution in [1.29, 1.82) is 0 Å². The van der Waals surface area contributed by atoms with E-state index in [2.05, 4.69) is 25.9 Å². The molecule has 0 saturated heterocycles. The Kier molecular flexibility index (Phi) is 3.61. The van der Waals surface area contributed by atoms with Crippen molar-refractivity contribution in [1.82, 2.24) is 9.97 Å². The first-order valence-corrected chi connectivity index (χ1v) is 5.97. The molecule has 16 heavy (non-hydrogen) atoms. The number of imidazole rings is 1. The highest BCUT2D eigenvalue weighted by atomic mass is 79.9. The Morgan fingerprint density at radius 3 is 3.00 bits per heavy atom. The molecule has 2 nitrogen and oxygen atoms in total. The Labute approximate surface area is 106 Å². The smallest absolute Gasteiger partial charge is 0.123 e. The summed E-state index contributed by atoms with van der Waals surface area (Å²) in [6.45, 7) is 0. The molecule has 0 aliphatic carbocycles. The number of H-pyrrole nitrogens is 1. The summed E-state index contributed by atoms with van der Waals surface area (Å²) in [6.07, 6.45) is 3.94. The van der Waals surface area contributed by atoms with Crippen LogP contribution in [0.3, 0.4) is 0 Å². The molecule has 0 fully saturated rings. The van der Waals surface area contributed by atoms with Gasteiger partial charge < -0.3 is 4.98 Å². The summed E-state index contributed by atoms with van der Waals surface area (Å²) < 4.78 is 13.9. The first-order chi connectivity index (χ1) is 7.66. The van der Waals surface area contributed by atoms with Gasteiger partial charge in [0.1, 0.15) is 11.6 Å². The second kappa shape index (κ2) is 4.97.